The highest BCUT2D eigenvalue weighted by Gasteiger charge is 2.30. The lowest BCUT2D eigenvalue weighted by Gasteiger charge is -2.06. The number of benzene rings is 1. The summed E-state index contributed by atoms with van der Waals surface area (Å²) in [5.74, 6) is 1.12. The molecule has 0 amide bonds. The van der Waals surface area contributed by atoms with Gasteiger partial charge in [0, 0.05) is 23.9 Å². The minimum Gasteiger partial charge on any atom is -0.361 e. The molecule has 0 fully saturated rings. The topological polar surface area (TPSA) is 26.0 Å². The summed E-state index contributed by atoms with van der Waals surface area (Å²) in [5.41, 5.74) is 0.0849. The van der Waals surface area contributed by atoms with E-state index in [9.17, 15) is 13.2 Å². The molecule has 0 saturated heterocycles. The Morgan fingerprint density at radius 3 is 2.68 bits per heavy atom. The molecule has 0 aliphatic carbocycles. The van der Waals surface area contributed by atoms with Gasteiger partial charge in [-0.1, -0.05) is 17.3 Å². The minimum absolute atomic E-state index is 0.385. The summed E-state index contributed by atoms with van der Waals surface area (Å²) in [5, 5.41) is 3.78. The molecule has 0 bridgehead atoms. The van der Waals surface area contributed by atoms with Gasteiger partial charge in [-0.15, -0.1) is 11.6 Å². The first-order valence-corrected chi connectivity index (χ1v) is 6.23. The van der Waals surface area contributed by atoms with Gasteiger partial charge in [-0.3, -0.25) is 0 Å². The van der Waals surface area contributed by atoms with Gasteiger partial charge in [-0.25, -0.2) is 0 Å². The largest absolute Gasteiger partial charge is 0.416 e. The van der Waals surface area contributed by atoms with Crippen molar-refractivity contribution in [1.82, 2.24) is 5.16 Å². The molecular formula is C13H11ClF3NO. The van der Waals surface area contributed by atoms with E-state index < -0.39 is 11.7 Å². The Hall–Kier alpha value is -1.49. The normalized spacial score (nSPS) is 11.8. The van der Waals surface area contributed by atoms with Crippen LogP contribution in [0.1, 0.15) is 17.7 Å². The van der Waals surface area contributed by atoms with Crippen LogP contribution < -0.4 is 0 Å². The summed E-state index contributed by atoms with van der Waals surface area (Å²) in [7, 11) is 0. The molecule has 2 rings (SSSR count). The fourth-order valence-electron chi connectivity index (χ4n) is 1.66. The molecule has 1 aromatic carbocycles. The van der Waals surface area contributed by atoms with Gasteiger partial charge in [0.25, 0.3) is 0 Å². The van der Waals surface area contributed by atoms with E-state index in [2.05, 4.69) is 5.16 Å². The van der Waals surface area contributed by atoms with Gasteiger partial charge >= 0.3 is 6.18 Å². The summed E-state index contributed by atoms with van der Waals surface area (Å²) in [6.07, 6.45) is -3.00. The highest BCUT2D eigenvalue weighted by Crippen LogP contribution is 2.32. The zero-order chi connectivity index (χ0) is 13.9. The van der Waals surface area contributed by atoms with Crippen LogP contribution in [0.4, 0.5) is 13.2 Å². The molecule has 0 aliphatic heterocycles. The number of rotatable bonds is 4. The van der Waals surface area contributed by atoms with Crippen molar-refractivity contribution in [2.24, 2.45) is 0 Å². The van der Waals surface area contributed by atoms with E-state index in [4.69, 9.17) is 16.1 Å². The van der Waals surface area contributed by atoms with Crippen LogP contribution in [-0.4, -0.2) is 11.0 Å². The summed E-state index contributed by atoms with van der Waals surface area (Å²) >= 11 is 5.56. The van der Waals surface area contributed by atoms with E-state index in [0.29, 0.717) is 29.3 Å². The van der Waals surface area contributed by atoms with Gasteiger partial charge in [0.2, 0.25) is 0 Å². The number of aromatic nitrogens is 1. The molecule has 2 nitrogen and oxygen atoms in total. The second kappa shape index (κ2) is 5.65. The monoisotopic (exact) mass is 289 g/mol. The van der Waals surface area contributed by atoms with Gasteiger partial charge in [0.1, 0.15) is 11.5 Å². The van der Waals surface area contributed by atoms with Crippen molar-refractivity contribution in [3.63, 3.8) is 0 Å². The van der Waals surface area contributed by atoms with Crippen LogP contribution >= 0.6 is 11.6 Å². The van der Waals surface area contributed by atoms with E-state index in [-0.39, 0.29) is 0 Å². The average molecular weight is 290 g/mol. The molecular weight excluding hydrogens is 279 g/mol. The average Bonchev–Trinajstić information content (AvgIpc) is 2.84. The van der Waals surface area contributed by atoms with Crippen molar-refractivity contribution in [3.8, 4) is 11.3 Å². The summed E-state index contributed by atoms with van der Waals surface area (Å²) in [6.45, 7) is 0. The molecule has 19 heavy (non-hydrogen) atoms. The van der Waals surface area contributed by atoms with Crippen LogP contribution in [0.2, 0.25) is 0 Å². The molecule has 1 heterocycles. The number of halogens is 4. The third-order valence-corrected chi connectivity index (χ3v) is 2.87. The van der Waals surface area contributed by atoms with E-state index in [1.807, 2.05) is 0 Å². The fraction of sp³-hybridized carbons (Fsp3) is 0.308. The zero-order valence-corrected chi connectivity index (χ0v) is 10.6. The van der Waals surface area contributed by atoms with Crippen molar-refractivity contribution >= 4 is 11.6 Å². The summed E-state index contributed by atoms with van der Waals surface area (Å²) < 4.78 is 42.8. The quantitative estimate of drug-likeness (QED) is 0.773. The van der Waals surface area contributed by atoms with E-state index in [0.717, 1.165) is 18.6 Å². The Balaban J connectivity index is 2.24. The molecule has 0 saturated carbocycles. The maximum atomic E-state index is 12.6. The van der Waals surface area contributed by atoms with Crippen molar-refractivity contribution in [2.75, 3.05) is 5.88 Å². The van der Waals surface area contributed by atoms with Crippen molar-refractivity contribution in [1.29, 1.82) is 0 Å². The van der Waals surface area contributed by atoms with Gasteiger partial charge in [0.05, 0.1) is 5.56 Å². The van der Waals surface area contributed by atoms with Crippen molar-refractivity contribution in [2.45, 2.75) is 19.0 Å². The van der Waals surface area contributed by atoms with Crippen LogP contribution in [0.3, 0.4) is 0 Å². The van der Waals surface area contributed by atoms with Gasteiger partial charge in [-0.05, 0) is 18.6 Å². The maximum absolute atomic E-state index is 12.6. The van der Waals surface area contributed by atoms with Crippen LogP contribution in [-0.2, 0) is 12.6 Å². The molecule has 0 radical (unpaired) electrons. The lowest BCUT2D eigenvalue weighted by molar-refractivity contribution is -0.137. The first-order chi connectivity index (χ1) is 9.00. The van der Waals surface area contributed by atoms with Crippen molar-refractivity contribution in [3.05, 3.63) is 41.7 Å². The second-order valence-corrected chi connectivity index (χ2v) is 4.43. The second-order valence-electron chi connectivity index (χ2n) is 4.05. The highest BCUT2D eigenvalue weighted by atomic mass is 35.5. The van der Waals surface area contributed by atoms with Crippen LogP contribution in [0, 0.1) is 0 Å². The van der Waals surface area contributed by atoms with Crippen LogP contribution in [0.15, 0.2) is 34.9 Å². The Bertz CT molecular complexity index is 551. The Labute approximate surface area is 113 Å². The van der Waals surface area contributed by atoms with Gasteiger partial charge in [0.15, 0.2) is 0 Å². The van der Waals surface area contributed by atoms with Gasteiger partial charge < -0.3 is 4.52 Å². The Morgan fingerprint density at radius 2 is 2.00 bits per heavy atom. The summed E-state index contributed by atoms with van der Waals surface area (Å²) in [4.78, 5) is 0. The molecule has 6 heteroatoms. The molecule has 0 unspecified atom stereocenters. The Morgan fingerprint density at radius 1 is 1.21 bits per heavy atom. The standard InChI is InChI=1S/C13H11ClF3NO/c14-6-2-5-11-8-12(18-19-11)9-3-1-4-10(7-9)13(15,16)17/h1,3-4,7-8H,2,5-6H2. The number of nitrogens with zero attached hydrogens (tertiary/aromatic N) is 1. The lowest BCUT2D eigenvalue weighted by Crippen LogP contribution is -2.04. The first-order valence-electron chi connectivity index (χ1n) is 5.70. The number of hydrogen-bond acceptors (Lipinski definition) is 2. The van der Waals surface area contributed by atoms with Crippen molar-refractivity contribution < 1.29 is 17.7 Å². The predicted octanol–water partition coefficient (Wildman–Crippen LogP) is 4.53. The molecule has 0 atom stereocenters. The zero-order valence-electron chi connectivity index (χ0n) is 9.88. The maximum Gasteiger partial charge on any atom is 0.416 e. The highest BCUT2D eigenvalue weighted by molar-refractivity contribution is 6.17. The third kappa shape index (κ3) is 3.50. The first kappa shape index (κ1) is 13.9. The molecule has 0 N–H and O–H groups in total. The van der Waals surface area contributed by atoms with E-state index >= 15 is 0 Å². The van der Waals surface area contributed by atoms with Crippen LogP contribution in [0.25, 0.3) is 11.3 Å². The van der Waals surface area contributed by atoms with Crippen LogP contribution in [0.5, 0.6) is 0 Å². The lowest BCUT2D eigenvalue weighted by atomic mass is 10.1. The SMILES string of the molecule is FC(F)(F)c1cccc(-c2cc(CCCCl)on2)c1. The molecule has 0 aliphatic rings. The smallest absolute Gasteiger partial charge is 0.361 e. The molecule has 102 valence electrons. The Kier molecular flexibility index (Phi) is 4.14. The third-order valence-electron chi connectivity index (χ3n) is 2.60. The molecule has 0 spiro atoms. The number of alkyl halides is 4. The molecule has 1 aromatic heterocycles. The predicted molar refractivity (Wildman–Crippen MR) is 66.0 cm³/mol. The van der Waals surface area contributed by atoms with E-state index in [1.54, 1.807) is 12.1 Å². The number of aryl methyl sites for hydroxylation is 1. The number of hydrogen-bond donors (Lipinski definition) is 0. The summed E-state index contributed by atoms with van der Waals surface area (Å²) in [6, 6.07) is 6.65. The van der Waals surface area contributed by atoms with Gasteiger partial charge in [-0.2, -0.15) is 13.2 Å². The molecule has 2 aromatic rings. The van der Waals surface area contributed by atoms with E-state index in [1.165, 1.54) is 6.07 Å². The minimum atomic E-state index is -4.36. The fourth-order valence-corrected chi connectivity index (χ4v) is 1.80.